The predicted octanol–water partition coefficient (Wildman–Crippen LogP) is 2.20. The van der Waals surface area contributed by atoms with Crippen LogP contribution in [0.3, 0.4) is 0 Å². The van der Waals surface area contributed by atoms with Crippen LogP contribution in [0.5, 0.6) is 11.5 Å². The fourth-order valence-corrected chi connectivity index (χ4v) is 2.47. The van der Waals surface area contributed by atoms with Gasteiger partial charge in [0.2, 0.25) is 5.91 Å². The molecule has 1 heterocycles. The van der Waals surface area contributed by atoms with Gasteiger partial charge in [-0.2, -0.15) is 0 Å². The number of carbonyl (C=O) groups excluding carboxylic acids is 2. The van der Waals surface area contributed by atoms with Gasteiger partial charge in [0.1, 0.15) is 5.75 Å². The molecule has 0 radical (unpaired) electrons. The van der Waals surface area contributed by atoms with E-state index in [9.17, 15) is 9.59 Å². The Kier molecular flexibility index (Phi) is 5.15. The quantitative estimate of drug-likeness (QED) is 0.891. The van der Waals surface area contributed by atoms with E-state index in [0.29, 0.717) is 23.7 Å². The highest BCUT2D eigenvalue weighted by Crippen LogP contribution is 2.29. The molecule has 2 aromatic rings. The molecule has 7 nitrogen and oxygen atoms in total. The number of para-hydroxylation sites is 3. The summed E-state index contributed by atoms with van der Waals surface area (Å²) in [5.41, 5.74) is 5.79. The van der Waals surface area contributed by atoms with Gasteiger partial charge in [-0.05, 0) is 24.3 Å². The van der Waals surface area contributed by atoms with Crippen molar-refractivity contribution in [3.63, 3.8) is 0 Å². The SMILES string of the molecule is NC(=O)C1CN(C(=O)Nc2ccccc2Oc2ccccc2)CCO1. The molecule has 2 aromatic carbocycles. The van der Waals surface area contributed by atoms with Crippen LogP contribution in [0.1, 0.15) is 0 Å². The number of carbonyl (C=O) groups is 2. The summed E-state index contributed by atoms with van der Waals surface area (Å²) in [4.78, 5) is 25.2. The van der Waals surface area contributed by atoms with Crippen LogP contribution in [-0.2, 0) is 9.53 Å². The first-order valence-electron chi connectivity index (χ1n) is 7.92. The Morgan fingerprint density at radius 1 is 1.12 bits per heavy atom. The third kappa shape index (κ3) is 4.27. The third-order valence-electron chi connectivity index (χ3n) is 3.77. The Hall–Kier alpha value is -3.06. The summed E-state index contributed by atoms with van der Waals surface area (Å²) in [5, 5.41) is 2.81. The van der Waals surface area contributed by atoms with E-state index >= 15 is 0 Å². The highest BCUT2D eigenvalue weighted by Gasteiger charge is 2.28. The van der Waals surface area contributed by atoms with Crippen LogP contribution in [0.2, 0.25) is 0 Å². The number of anilines is 1. The lowest BCUT2D eigenvalue weighted by Gasteiger charge is -2.31. The van der Waals surface area contributed by atoms with Crippen molar-refractivity contribution in [2.24, 2.45) is 5.73 Å². The number of nitrogens with one attached hydrogen (secondary N) is 1. The summed E-state index contributed by atoms with van der Waals surface area (Å²) >= 11 is 0. The first kappa shape index (κ1) is 16.8. The number of nitrogens with zero attached hydrogens (tertiary/aromatic N) is 1. The molecular formula is C18H19N3O4. The van der Waals surface area contributed by atoms with Crippen LogP contribution in [0, 0.1) is 0 Å². The highest BCUT2D eigenvalue weighted by molar-refractivity contribution is 5.91. The standard InChI is InChI=1S/C18H19N3O4/c19-17(22)16-12-21(10-11-24-16)18(23)20-14-8-4-5-9-15(14)25-13-6-2-1-3-7-13/h1-9,16H,10-12H2,(H2,19,22)(H,20,23). The molecule has 0 bridgehead atoms. The first-order chi connectivity index (χ1) is 12.1. The Morgan fingerprint density at radius 3 is 2.60 bits per heavy atom. The maximum Gasteiger partial charge on any atom is 0.322 e. The molecule has 1 atom stereocenters. The molecule has 1 aliphatic heterocycles. The molecule has 3 rings (SSSR count). The lowest BCUT2D eigenvalue weighted by Crippen LogP contribution is -2.51. The average Bonchev–Trinajstić information content (AvgIpc) is 2.64. The normalized spacial score (nSPS) is 17.0. The van der Waals surface area contributed by atoms with Gasteiger partial charge in [-0.25, -0.2) is 4.79 Å². The van der Waals surface area contributed by atoms with E-state index in [4.69, 9.17) is 15.2 Å². The van der Waals surface area contributed by atoms with Gasteiger partial charge < -0.3 is 25.4 Å². The minimum atomic E-state index is -0.782. The van der Waals surface area contributed by atoms with Crippen molar-refractivity contribution in [2.75, 3.05) is 25.0 Å². The zero-order chi connectivity index (χ0) is 17.6. The number of hydrogen-bond acceptors (Lipinski definition) is 4. The van der Waals surface area contributed by atoms with Crippen LogP contribution in [-0.4, -0.2) is 42.6 Å². The number of hydrogen-bond donors (Lipinski definition) is 2. The molecule has 0 aromatic heterocycles. The smallest absolute Gasteiger partial charge is 0.322 e. The summed E-state index contributed by atoms with van der Waals surface area (Å²) in [6.07, 6.45) is -0.782. The number of primary amides is 1. The minimum Gasteiger partial charge on any atom is -0.455 e. The number of amides is 3. The minimum absolute atomic E-state index is 0.128. The summed E-state index contributed by atoms with van der Waals surface area (Å²) < 4.78 is 11.1. The van der Waals surface area contributed by atoms with Gasteiger partial charge in [0.05, 0.1) is 18.8 Å². The van der Waals surface area contributed by atoms with E-state index < -0.39 is 12.0 Å². The van der Waals surface area contributed by atoms with E-state index in [1.54, 1.807) is 18.2 Å². The van der Waals surface area contributed by atoms with Gasteiger partial charge in [-0.15, -0.1) is 0 Å². The number of morpholine rings is 1. The van der Waals surface area contributed by atoms with E-state index in [2.05, 4.69) is 5.32 Å². The topological polar surface area (TPSA) is 93.9 Å². The monoisotopic (exact) mass is 341 g/mol. The molecule has 1 aliphatic rings. The van der Waals surface area contributed by atoms with Gasteiger partial charge in [0.25, 0.3) is 0 Å². The number of benzene rings is 2. The van der Waals surface area contributed by atoms with E-state index in [0.717, 1.165) is 0 Å². The van der Waals surface area contributed by atoms with Crippen molar-refractivity contribution in [2.45, 2.75) is 6.10 Å². The van der Waals surface area contributed by atoms with E-state index in [1.165, 1.54) is 4.90 Å². The summed E-state index contributed by atoms with van der Waals surface area (Å²) in [7, 11) is 0. The fraction of sp³-hybridized carbons (Fsp3) is 0.222. The summed E-state index contributed by atoms with van der Waals surface area (Å²) in [6.45, 7) is 0.781. The van der Waals surface area contributed by atoms with Gasteiger partial charge in [0.15, 0.2) is 11.9 Å². The number of nitrogens with two attached hydrogens (primary N) is 1. The molecule has 0 spiro atoms. The zero-order valence-corrected chi connectivity index (χ0v) is 13.6. The number of rotatable bonds is 4. The second-order valence-corrected chi connectivity index (χ2v) is 5.55. The van der Waals surface area contributed by atoms with Crippen LogP contribution in [0.15, 0.2) is 54.6 Å². The maximum atomic E-state index is 12.5. The molecule has 1 fully saturated rings. The molecular weight excluding hydrogens is 322 g/mol. The summed E-state index contributed by atoms with van der Waals surface area (Å²) in [5.74, 6) is 0.622. The Bertz CT molecular complexity index is 751. The Morgan fingerprint density at radius 2 is 1.84 bits per heavy atom. The van der Waals surface area contributed by atoms with Crippen LogP contribution in [0.4, 0.5) is 10.5 Å². The lowest BCUT2D eigenvalue weighted by molar-refractivity contribution is -0.133. The molecule has 0 saturated carbocycles. The third-order valence-corrected chi connectivity index (χ3v) is 3.77. The average molecular weight is 341 g/mol. The molecule has 3 N–H and O–H groups in total. The highest BCUT2D eigenvalue weighted by atomic mass is 16.5. The number of ether oxygens (including phenoxy) is 2. The molecule has 1 unspecified atom stereocenters. The predicted molar refractivity (Wildman–Crippen MR) is 92.5 cm³/mol. The van der Waals surface area contributed by atoms with Crippen molar-refractivity contribution in [1.82, 2.24) is 4.90 Å². The Balaban J connectivity index is 1.70. The maximum absolute atomic E-state index is 12.5. The van der Waals surface area contributed by atoms with Crippen molar-refractivity contribution < 1.29 is 19.1 Å². The molecule has 0 aliphatic carbocycles. The van der Waals surface area contributed by atoms with Crippen LogP contribution < -0.4 is 15.8 Å². The van der Waals surface area contributed by atoms with Gasteiger partial charge >= 0.3 is 6.03 Å². The molecule has 7 heteroatoms. The van der Waals surface area contributed by atoms with E-state index in [-0.39, 0.29) is 19.2 Å². The zero-order valence-electron chi connectivity index (χ0n) is 13.6. The fourth-order valence-electron chi connectivity index (χ4n) is 2.47. The largest absolute Gasteiger partial charge is 0.455 e. The van der Waals surface area contributed by atoms with Crippen LogP contribution >= 0.6 is 0 Å². The Labute approximate surface area is 145 Å². The molecule has 25 heavy (non-hydrogen) atoms. The number of urea groups is 1. The molecule has 130 valence electrons. The van der Waals surface area contributed by atoms with E-state index in [1.807, 2.05) is 36.4 Å². The molecule has 3 amide bonds. The first-order valence-corrected chi connectivity index (χ1v) is 7.92. The lowest BCUT2D eigenvalue weighted by atomic mass is 10.2. The van der Waals surface area contributed by atoms with Gasteiger partial charge in [-0.1, -0.05) is 30.3 Å². The van der Waals surface area contributed by atoms with Crippen molar-refractivity contribution in [3.8, 4) is 11.5 Å². The van der Waals surface area contributed by atoms with Gasteiger partial charge in [-0.3, -0.25) is 4.79 Å². The van der Waals surface area contributed by atoms with Crippen molar-refractivity contribution in [1.29, 1.82) is 0 Å². The second kappa shape index (κ2) is 7.67. The van der Waals surface area contributed by atoms with Crippen molar-refractivity contribution >= 4 is 17.6 Å². The second-order valence-electron chi connectivity index (χ2n) is 5.55. The molecule has 1 saturated heterocycles. The van der Waals surface area contributed by atoms with Crippen molar-refractivity contribution in [3.05, 3.63) is 54.6 Å². The van der Waals surface area contributed by atoms with Gasteiger partial charge in [0, 0.05) is 6.54 Å². The summed E-state index contributed by atoms with van der Waals surface area (Å²) in [6, 6.07) is 16.1. The van der Waals surface area contributed by atoms with Crippen LogP contribution in [0.25, 0.3) is 0 Å².